The molecule has 148 valence electrons. The van der Waals surface area contributed by atoms with Gasteiger partial charge in [0.25, 0.3) is 0 Å². The molecule has 2 N–H and O–H groups in total. The molecule has 5 heteroatoms. The standard InChI is InChI=1S/C21H36N4.HI/c1-6-22-21(24-20-11-13-25(14-12-20)16(2)3)23-15-18(5)19-9-7-17(4)8-10-19;/h7-10,16,18,20H,6,11-15H2,1-5H3,(H2,22,23,24);1H. The fraction of sp³-hybridized carbons (Fsp3) is 0.667. The lowest BCUT2D eigenvalue weighted by atomic mass is 10.0. The van der Waals surface area contributed by atoms with E-state index in [9.17, 15) is 0 Å². The first-order chi connectivity index (χ1) is 12.0. The Morgan fingerprint density at radius 2 is 1.77 bits per heavy atom. The number of aliphatic imine (C=N–C) groups is 1. The van der Waals surface area contributed by atoms with Crippen LogP contribution in [0.4, 0.5) is 0 Å². The summed E-state index contributed by atoms with van der Waals surface area (Å²) in [4.78, 5) is 7.40. The largest absolute Gasteiger partial charge is 0.357 e. The zero-order valence-corrected chi connectivity index (χ0v) is 19.4. The highest BCUT2D eigenvalue weighted by Gasteiger charge is 2.21. The summed E-state index contributed by atoms with van der Waals surface area (Å²) in [6, 6.07) is 9.98. The van der Waals surface area contributed by atoms with Crippen molar-refractivity contribution >= 4 is 29.9 Å². The number of hydrogen-bond donors (Lipinski definition) is 2. The van der Waals surface area contributed by atoms with Gasteiger partial charge in [-0.1, -0.05) is 36.8 Å². The summed E-state index contributed by atoms with van der Waals surface area (Å²) < 4.78 is 0. The van der Waals surface area contributed by atoms with Crippen molar-refractivity contribution < 1.29 is 0 Å². The molecule has 0 radical (unpaired) electrons. The number of nitrogens with zero attached hydrogens (tertiary/aromatic N) is 2. The average molecular weight is 472 g/mol. The Hall–Kier alpha value is -0.820. The molecule has 0 aliphatic carbocycles. The first-order valence-corrected chi connectivity index (χ1v) is 9.85. The van der Waals surface area contributed by atoms with E-state index in [0.29, 0.717) is 18.0 Å². The molecule has 2 rings (SSSR count). The molecule has 0 aromatic heterocycles. The molecule has 1 aromatic carbocycles. The predicted molar refractivity (Wildman–Crippen MR) is 124 cm³/mol. The van der Waals surface area contributed by atoms with Crippen LogP contribution in [0.5, 0.6) is 0 Å². The molecule has 1 heterocycles. The Morgan fingerprint density at radius 3 is 2.31 bits per heavy atom. The maximum Gasteiger partial charge on any atom is 0.191 e. The van der Waals surface area contributed by atoms with Crippen molar-refractivity contribution in [1.29, 1.82) is 0 Å². The first-order valence-electron chi connectivity index (χ1n) is 9.85. The second-order valence-corrected chi connectivity index (χ2v) is 7.58. The number of benzene rings is 1. The van der Waals surface area contributed by atoms with Gasteiger partial charge in [0.2, 0.25) is 0 Å². The number of nitrogens with one attached hydrogen (secondary N) is 2. The zero-order chi connectivity index (χ0) is 18.2. The van der Waals surface area contributed by atoms with Crippen molar-refractivity contribution in [3.8, 4) is 0 Å². The molecular formula is C21H37IN4. The van der Waals surface area contributed by atoms with E-state index in [1.165, 1.54) is 37.1 Å². The number of rotatable bonds is 6. The van der Waals surface area contributed by atoms with Crippen LogP contribution in [0.3, 0.4) is 0 Å². The SMILES string of the molecule is CCNC(=NCC(C)c1ccc(C)cc1)NC1CCN(C(C)C)CC1.I. The molecule has 1 aromatic rings. The van der Waals surface area contributed by atoms with Crippen LogP contribution in [0.1, 0.15) is 57.6 Å². The molecule has 4 nitrogen and oxygen atoms in total. The third-order valence-corrected chi connectivity index (χ3v) is 5.11. The van der Waals surface area contributed by atoms with E-state index in [1.54, 1.807) is 0 Å². The lowest BCUT2D eigenvalue weighted by molar-refractivity contribution is 0.167. The van der Waals surface area contributed by atoms with Crippen molar-refractivity contribution in [3.63, 3.8) is 0 Å². The Bertz CT molecular complexity index is 533. The summed E-state index contributed by atoms with van der Waals surface area (Å²) >= 11 is 0. The summed E-state index contributed by atoms with van der Waals surface area (Å²) in [6.07, 6.45) is 2.38. The van der Waals surface area contributed by atoms with Gasteiger partial charge in [0.05, 0.1) is 0 Å². The quantitative estimate of drug-likeness (QED) is 0.372. The minimum atomic E-state index is 0. The maximum absolute atomic E-state index is 4.84. The molecule has 1 fully saturated rings. The van der Waals surface area contributed by atoms with Crippen LogP contribution in [0.2, 0.25) is 0 Å². The van der Waals surface area contributed by atoms with Gasteiger partial charge in [0, 0.05) is 44.2 Å². The molecule has 26 heavy (non-hydrogen) atoms. The maximum atomic E-state index is 4.84. The van der Waals surface area contributed by atoms with Gasteiger partial charge >= 0.3 is 0 Å². The van der Waals surface area contributed by atoms with E-state index < -0.39 is 0 Å². The normalized spacial score (nSPS) is 17.7. The number of guanidine groups is 1. The minimum absolute atomic E-state index is 0. The fourth-order valence-corrected chi connectivity index (χ4v) is 3.30. The fourth-order valence-electron chi connectivity index (χ4n) is 3.30. The summed E-state index contributed by atoms with van der Waals surface area (Å²) in [5, 5.41) is 7.05. The molecule has 1 unspecified atom stereocenters. The van der Waals surface area contributed by atoms with Crippen LogP contribution in [-0.4, -0.2) is 49.1 Å². The highest BCUT2D eigenvalue weighted by molar-refractivity contribution is 14.0. The van der Waals surface area contributed by atoms with Gasteiger partial charge in [-0.3, -0.25) is 4.99 Å². The van der Waals surface area contributed by atoms with Crippen molar-refractivity contribution in [2.45, 2.75) is 65.5 Å². The van der Waals surface area contributed by atoms with Crippen LogP contribution < -0.4 is 10.6 Å². The lowest BCUT2D eigenvalue weighted by Crippen LogP contribution is -2.49. The van der Waals surface area contributed by atoms with Crippen LogP contribution in [0.25, 0.3) is 0 Å². The molecule has 0 bridgehead atoms. The van der Waals surface area contributed by atoms with Gasteiger partial charge < -0.3 is 15.5 Å². The smallest absolute Gasteiger partial charge is 0.191 e. The van der Waals surface area contributed by atoms with E-state index in [4.69, 9.17) is 4.99 Å². The topological polar surface area (TPSA) is 39.7 Å². The van der Waals surface area contributed by atoms with Gasteiger partial charge in [-0.15, -0.1) is 24.0 Å². The third kappa shape index (κ3) is 7.43. The molecule has 1 atom stereocenters. The molecule has 1 saturated heterocycles. The molecule has 1 aliphatic heterocycles. The molecule has 0 spiro atoms. The Kier molecular flexibility index (Phi) is 10.5. The van der Waals surface area contributed by atoms with Crippen molar-refractivity contribution in [1.82, 2.24) is 15.5 Å². The summed E-state index contributed by atoms with van der Waals surface area (Å²) in [6.45, 7) is 15.1. The van der Waals surface area contributed by atoms with Gasteiger partial charge in [-0.2, -0.15) is 0 Å². The highest BCUT2D eigenvalue weighted by Crippen LogP contribution is 2.16. The van der Waals surface area contributed by atoms with Crippen LogP contribution >= 0.6 is 24.0 Å². The second kappa shape index (κ2) is 11.8. The molecular weight excluding hydrogens is 435 g/mol. The first kappa shape index (κ1) is 23.2. The van der Waals surface area contributed by atoms with Crippen molar-refractivity contribution in [2.24, 2.45) is 4.99 Å². The van der Waals surface area contributed by atoms with E-state index in [-0.39, 0.29) is 24.0 Å². The summed E-state index contributed by atoms with van der Waals surface area (Å²) in [5.74, 6) is 1.39. The van der Waals surface area contributed by atoms with E-state index in [0.717, 1.165) is 19.0 Å². The number of hydrogen-bond acceptors (Lipinski definition) is 2. The van der Waals surface area contributed by atoms with Crippen molar-refractivity contribution in [2.75, 3.05) is 26.2 Å². The van der Waals surface area contributed by atoms with Crippen LogP contribution in [-0.2, 0) is 0 Å². The summed E-state index contributed by atoms with van der Waals surface area (Å²) in [5.41, 5.74) is 2.66. The van der Waals surface area contributed by atoms with Gasteiger partial charge in [-0.05, 0) is 46.1 Å². The average Bonchev–Trinajstić information content (AvgIpc) is 2.60. The van der Waals surface area contributed by atoms with E-state index >= 15 is 0 Å². The Balaban J connectivity index is 0.00000338. The number of halogens is 1. The monoisotopic (exact) mass is 472 g/mol. The Labute approximate surface area is 177 Å². The third-order valence-electron chi connectivity index (χ3n) is 5.11. The second-order valence-electron chi connectivity index (χ2n) is 7.58. The highest BCUT2D eigenvalue weighted by atomic mass is 127. The molecule has 0 saturated carbocycles. The van der Waals surface area contributed by atoms with Gasteiger partial charge in [-0.25, -0.2) is 0 Å². The lowest BCUT2D eigenvalue weighted by Gasteiger charge is -2.35. The number of piperidine rings is 1. The number of aryl methyl sites for hydroxylation is 1. The zero-order valence-electron chi connectivity index (χ0n) is 17.1. The minimum Gasteiger partial charge on any atom is -0.357 e. The van der Waals surface area contributed by atoms with E-state index in [1.807, 2.05) is 0 Å². The van der Waals surface area contributed by atoms with Crippen LogP contribution in [0.15, 0.2) is 29.3 Å². The van der Waals surface area contributed by atoms with E-state index in [2.05, 4.69) is 74.4 Å². The van der Waals surface area contributed by atoms with Gasteiger partial charge in [0.15, 0.2) is 5.96 Å². The molecule has 1 aliphatic rings. The molecule has 0 amide bonds. The Morgan fingerprint density at radius 1 is 1.15 bits per heavy atom. The van der Waals surface area contributed by atoms with Crippen molar-refractivity contribution in [3.05, 3.63) is 35.4 Å². The van der Waals surface area contributed by atoms with Gasteiger partial charge in [0.1, 0.15) is 0 Å². The summed E-state index contributed by atoms with van der Waals surface area (Å²) in [7, 11) is 0. The number of likely N-dealkylation sites (tertiary alicyclic amines) is 1. The van der Waals surface area contributed by atoms with Crippen LogP contribution in [0, 0.1) is 6.92 Å². The predicted octanol–water partition coefficient (Wildman–Crippen LogP) is 4.14.